The van der Waals surface area contributed by atoms with Crippen LogP contribution in [0.15, 0.2) is 36.5 Å². The van der Waals surface area contributed by atoms with Crippen LogP contribution in [0.2, 0.25) is 0 Å². The maximum Gasteiger partial charge on any atom is 0.305 e. The number of hydrogen-bond acceptors (Lipinski definition) is 5. The van der Waals surface area contributed by atoms with Crippen molar-refractivity contribution in [1.82, 2.24) is 5.32 Å². The zero-order chi connectivity index (χ0) is 59.9. The van der Waals surface area contributed by atoms with Crippen molar-refractivity contribution in [1.29, 1.82) is 0 Å². The normalized spacial score (nSPS) is 12.7. The van der Waals surface area contributed by atoms with E-state index in [2.05, 4.69) is 43.5 Å². The number of nitrogens with one attached hydrogen (secondary N) is 1. The zero-order valence-electron chi connectivity index (χ0n) is 56.2. The van der Waals surface area contributed by atoms with Crippen molar-refractivity contribution in [3.05, 3.63) is 36.5 Å². The van der Waals surface area contributed by atoms with Gasteiger partial charge in [0.1, 0.15) is 0 Å². The van der Waals surface area contributed by atoms with E-state index in [1.807, 2.05) is 6.08 Å². The Labute approximate surface area is 519 Å². The number of allylic oxidation sites excluding steroid dienone is 5. The molecule has 0 bridgehead atoms. The van der Waals surface area contributed by atoms with Crippen molar-refractivity contribution >= 4 is 11.9 Å². The molecule has 0 aromatic heterocycles. The third kappa shape index (κ3) is 69.1. The molecule has 0 saturated carbocycles. The van der Waals surface area contributed by atoms with Crippen LogP contribution in [0.4, 0.5) is 0 Å². The van der Waals surface area contributed by atoms with Crippen LogP contribution in [0.5, 0.6) is 0 Å². The summed E-state index contributed by atoms with van der Waals surface area (Å²) in [6.45, 7) is 4.86. The standard InChI is InChI=1S/C77H147NO5/c1-3-5-7-9-11-13-15-17-46-49-53-57-61-65-69-75(80)74(73-79)78-76(81)70-66-62-58-54-50-47-43-41-39-37-35-33-31-29-27-25-23-21-19-18-20-22-24-26-28-30-32-34-36-38-40-42-44-48-52-56-60-64-68-72-83-77(82)71-67-63-59-55-51-45-16-14-12-10-8-6-4-2/h8,10,14,16,65,69,74-75,79-80H,3-7,9,11-13,15,17-64,66-68,70-73H2,1-2H3,(H,78,81)/b10-8-,16-14-,69-65+. The van der Waals surface area contributed by atoms with Gasteiger partial charge in [0.25, 0.3) is 0 Å². The molecule has 0 rings (SSSR count). The first-order valence-corrected chi connectivity index (χ1v) is 37.8. The quantitative estimate of drug-likeness (QED) is 0.0320. The van der Waals surface area contributed by atoms with Crippen LogP contribution in [0.25, 0.3) is 0 Å². The van der Waals surface area contributed by atoms with E-state index >= 15 is 0 Å². The van der Waals surface area contributed by atoms with Crippen molar-refractivity contribution in [2.24, 2.45) is 0 Å². The fourth-order valence-corrected chi connectivity index (χ4v) is 11.9. The summed E-state index contributed by atoms with van der Waals surface area (Å²) in [6.07, 6.45) is 94.1. The second-order valence-electron chi connectivity index (χ2n) is 26.0. The van der Waals surface area contributed by atoms with Crippen molar-refractivity contribution in [3.63, 3.8) is 0 Å². The number of aliphatic hydroxyl groups excluding tert-OH is 2. The van der Waals surface area contributed by atoms with Gasteiger partial charge in [-0.25, -0.2) is 0 Å². The van der Waals surface area contributed by atoms with Crippen LogP contribution >= 0.6 is 0 Å². The summed E-state index contributed by atoms with van der Waals surface area (Å²) in [6, 6.07) is -0.622. The lowest BCUT2D eigenvalue weighted by molar-refractivity contribution is -0.143. The summed E-state index contributed by atoms with van der Waals surface area (Å²) in [4.78, 5) is 24.5. The molecule has 6 nitrogen and oxygen atoms in total. The summed E-state index contributed by atoms with van der Waals surface area (Å²) in [5.41, 5.74) is 0. The number of carbonyl (C=O) groups is 2. The molecule has 0 spiro atoms. The van der Waals surface area contributed by atoms with Gasteiger partial charge < -0.3 is 20.3 Å². The lowest BCUT2D eigenvalue weighted by Gasteiger charge is -2.20. The predicted octanol–water partition coefficient (Wildman–Crippen LogP) is 24.7. The molecule has 2 atom stereocenters. The molecule has 0 aromatic carbocycles. The lowest BCUT2D eigenvalue weighted by atomic mass is 10.0. The Hall–Kier alpha value is -1.92. The van der Waals surface area contributed by atoms with Gasteiger partial charge in [0, 0.05) is 12.8 Å². The minimum absolute atomic E-state index is 0.00874. The van der Waals surface area contributed by atoms with E-state index in [0.29, 0.717) is 19.4 Å². The molecule has 0 aliphatic heterocycles. The number of amides is 1. The minimum Gasteiger partial charge on any atom is -0.466 e. The summed E-state index contributed by atoms with van der Waals surface area (Å²) < 4.78 is 5.48. The first kappa shape index (κ1) is 81.1. The Morgan fingerprint density at radius 3 is 0.964 bits per heavy atom. The van der Waals surface area contributed by atoms with E-state index in [1.165, 1.54) is 340 Å². The monoisotopic (exact) mass is 1170 g/mol. The third-order valence-corrected chi connectivity index (χ3v) is 17.6. The largest absolute Gasteiger partial charge is 0.466 e. The summed E-state index contributed by atoms with van der Waals surface area (Å²) >= 11 is 0. The molecule has 0 aromatic rings. The number of ether oxygens (including phenoxy) is 1. The second-order valence-corrected chi connectivity index (χ2v) is 26.0. The fourth-order valence-electron chi connectivity index (χ4n) is 11.9. The molecule has 0 fully saturated rings. The average molecular weight is 1170 g/mol. The molecule has 0 radical (unpaired) electrons. The van der Waals surface area contributed by atoms with Gasteiger partial charge in [-0.15, -0.1) is 0 Å². The highest BCUT2D eigenvalue weighted by Gasteiger charge is 2.18. The van der Waals surface area contributed by atoms with Crippen LogP contribution in [-0.4, -0.2) is 47.4 Å². The number of esters is 1. The third-order valence-electron chi connectivity index (χ3n) is 17.6. The first-order chi connectivity index (χ1) is 41.0. The van der Waals surface area contributed by atoms with Crippen molar-refractivity contribution in [3.8, 4) is 0 Å². The van der Waals surface area contributed by atoms with Crippen LogP contribution < -0.4 is 5.32 Å². The Morgan fingerprint density at radius 2 is 0.627 bits per heavy atom. The Kier molecular flexibility index (Phi) is 70.9. The van der Waals surface area contributed by atoms with Crippen molar-refractivity contribution < 1.29 is 24.5 Å². The summed E-state index contributed by atoms with van der Waals surface area (Å²) in [5, 5.41) is 23.2. The van der Waals surface area contributed by atoms with Crippen LogP contribution in [0.1, 0.15) is 418 Å². The number of rotatable bonds is 71. The fraction of sp³-hybridized carbons (Fsp3) is 0.896. The molecule has 0 saturated heterocycles. The zero-order valence-corrected chi connectivity index (χ0v) is 56.2. The van der Waals surface area contributed by atoms with Gasteiger partial charge in [-0.1, -0.05) is 384 Å². The molecule has 2 unspecified atom stereocenters. The van der Waals surface area contributed by atoms with Crippen LogP contribution in [0.3, 0.4) is 0 Å². The van der Waals surface area contributed by atoms with Crippen LogP contribution in [-0.2, 0) is 14.3 Å². The van der Waals surface area contributed by atoms with E-state index < -0.39 is 12.1 Å². The highest BCUT2D eigenvalue weighted by atomic mass is 16.5. The summed E-state index contributed by atoms with van der Waals surface area (Å²) in [5.74, 6) is -0.0510. The molecule has 1 amide bonds. The highest BCUT2D eigenvalue weighted by molar-refractivity contribution is 5.76. The topological polar surface area (TPSA) is 95.9 Å². The molecule has 0 heterocycles. The van der Waals surface area contributed by atoms with E-state index in [1.54, 1.807) is 6.08 Å². The van der Waals surface area contributed by atoms with Crippen molar-refractivity contribution in [2.45, 2.75) is 431 Å². The Bertz CT molecular complexity index is 1340. The first-order valence-electron chi connectivity index (χ1n) is 37.8. The maximum atomic E-state index is 12.5. The van der Waals surface area contributed by atoms with Gasteiger partial charge in [0.05, 0.1) is 25.4 Å². The number of hydrogen-bond donors (Lipinski definition) is 3. The van der Waals surface area contributed by atoms with Gasteiger partial charge in [-0.3, -0.25) is 9.59 Å². The minimum atomic E-state index is -0.839. The van der Waals surface area contributed by atoms with Gasteiger partial charge >= 0.3 is 5.97 Å². The molecule has 490 valence electrons. The molecule has 3 N–H and O–H groups in total. The average Bonchev–Trinajstić information content (AvgIpc) is 3.49. The van der Waals surface area contributed by atoms with Gasteiger partial charge in [-0.2, -0.15) is 0 Å². The molecule has 6 heteroatoms. The maximum absolute atomic E-state index is 12.5. The highest BCUT2D eigenvalue weighted by Crippen LogP contribution is 2.20. The van der Waals surface area contributed by atoms with E-state index in [9.17, 15) is 19.8 Å². The lowest BCUT2D eigenvalue weighted by Crippen LogP contribution is -2.45. The Balaban J connectivity index is 3.30. The molecular formula is C77H147NO5. The second kappa shape index (κ2) is 72.6. The SMILES string of the molecule is CCC/C=C\C/C=C\CCCCCCCC(=O)OCCCCCCCCCCCCCCCCCCCCCCCCCCCCCCCCCCCCCCCCCC(=O)NC(CO)C(O)/C=C/CCCCCCCCCCCCCC. The van der Waals surface area contributed by atoms with Crippen LogP contribution in [0, 0.1) is 0 Å². The van der Waals surface area contributed by atoms with E-state index in [-0.39, 0.29) is 18.5 Å². The Morgan fingerprint density at radius 1 is 0.337 bits per heavy atom. The number of unbranched alkanes of at least 4 members (excludes halogenated alkanes) is 56. The molecule has 83 heavy (non-hydrogen) atoms. The van der Waals surface area contributed by atoms with Gasteiger partial charge in [0.2, 0.25) is 5.91 Å². The molecule has 0 aliphatic carbocycles. The van der Waals surface area contributed by atoms with E-state index in [0.717, 1.165) is 51.4 Å². The van der Waals surface area contributed by atoms with E-state index in [4.69, 9.17) is 4.74 Å². The smallest absolute Gasteiger partial charge is 0.305 e. The predicted molar refractivity (Wildman–Crippen MR) is 366 cm³/mol. The number of aliphatic hydroxyl groups is 2. The van der Waals surface area contributed by atoms with Gasteiger partial charge in [0.15, 0.2) is 0 Å². The summed E-state index contributed by atoms with van der Waals surface area (Å²) in [7, 11) is 0. The molecule has 0 aliphatic rings. The number of carbonyl (C=O) groups excluding carboxylic acids is 2. The molecular weight excluding hydrogens is 1020 g/mol. The van der Waals surface area contributed by atoms with Crippen molar-refractivity contribution in [2.75, 3.05) is 13.2 Å². The van der Waals surface area contributed by atoms with Gasteiger partial charge in [-0.05, 0) is 57.8 Å².